The third-order valence-electron chi connectivity index (χ3n) is 3.38. The first-order chi connectivity index (χ1) is 11.7. The molecule has 0 unspecified atom stereocenters. The van der Waals surface area contributed by atoms with E-state index in [1.165, 1.54) is 20.5 Å². The van der Waals surface area contributed by atoms with E-state index in [2.05, 4.69) is 0 Å². The van der Waals surface area contributed by atoms with Gasteiger partial charge in [0.15, 0.2) is 0 Å². The number of esters is 1. The van der Waals surface area contributed by atoms with E-state index in [-0.39, 0.29) is 0 Å². The minimum atomic E-state index is -0.467. The van der Waals surface area contributed by atoms with E-state index < -0.39 is 5.97 Å². The smallest absolute Gasteiger partial charge is 0.341 e. The number of rotatable bonds is 7. The van der Waals surface area contributed by atoms with Gasteiger partial charge in [0.2, 0.25) is 0 Å². The van der Waals surface area contributed by atoms with Crippen molar-refractivity contribution in [3.8, 4) is 11.5 Å². The molecule has 5 heteroatoms. The fourth-order valence-electron chi connectivity index (χ4n) is 2.21. The second-order valence-electron chi connectivity index (χ2n) is 4.88. The maximum atomic E-state index is 12.0. The van der Waals surface area contributed by atoms with Crippen LogP contribution in [-0.2, 0) is 20.9 Å². The number of carbonyl (C=O) groups excluding carboxylic acids is 1. The summed E-state index contributed by atoms with van der Waals surface area (Å²) in [5.41, 5.74) is 1.88. The first kappa shape index (κ1) is 17.4. The molecule has 0 fully saturated rings. The van der Waals surface area contributed by atoms with Gasteiger partial charge in [-0.3, -0.25) is 0 Å². The maximum absolute atomic E-state index is 12.0. The first-order valence-corrected chi connectivity index (χ1v) is 7.36. The van der Waals surface area contributed by atoms with Crippen molar-refractivity contribution in [3.63, 3.8) is 0 Å². The summed E-state index contributed by atoms with van der Waals surface area (Å²) in [5, 5.41) is 0. The van der Waals surface area contributed by atoms with Gasteiger partial charge >= 0.3 is 5.97 Å². The number of benzene rings is 2. The first-order valence-electron chi connectivity index (χ1n) is 7.36. The SMILES string of the molecule is COC=C(C(=O)OC)c1ccccc1COc1cccc(OC)c1. The number of ether oxygens (including phenoxy) is 4. The molecule has 0 aliphatic rings. The van der Waals surface area contributed by atoms with Gasteiger partial charge in [-0.2, -0.15) is 0 Å². The third-order valence-corrected chi connectivity index (χ3v) is 3.38. The van der Waals surface area contributed by atoms with Crippen LogP contribution in [0.4, 0.5) is 0 Å². The lowest BCUT2D eigenvalue weighted by Gasteiger charge is -2.13. The van der Waals surface area contributed by atoms with Crippen LogP contribution in [0.5, 0.6) is 11.5 Å². The lowest BCUT2D eigenvalue weighted by molar-refractivity contribution is -0.133. The molecule has 0 spiro atoms. The zero-order valence-electron chi connectivity index (χ0n) is 13.9. The predicted octanol–water partition coefficient (Wildman–Crippen LogP) is 3.43. The van der Waals surface area contributed by atoms with E-state index in [1.807, 2.05) is 42.5 Å². The highest BCUT2D eigenvalue weighted by molar-refractivity contribution is 6.16. The van der Waals surface area contributed by atoms with E-state index in [9.17, 15) is 4.79 Å². The van der Waals surface area contributed by atoms with E-state index in [4.69, 9.17) is 18.9 Å². The quantitative estimate of drug-likeness (QED) is 0.443. The average molecular weight is 328 g/mol. The van der Waals surface area contributed by atoms with Crippen molar-refractivity contribution in [1.29, 1.82) is 0 Å². The lowest BCUT2D eigenvalue weighted by atomic mass is 10.0. The van der Waals surface area contributed by atoms with E-state index in [0.29, 0.717) is 23.5 Å². The van der Waals surface area contributed by atoms with Gasteiger partial charge in [0.05, 0.1) is 27.6 Å². The molecule has 0 saturated carbocycles. The monoisotopic (exact) mass is 328 g/mol. The summed E-state index contributed by atoms with van der Waals surface area (Å²) in [7, 11) is 4.42. The summed E-state index contributed by atoms with van der Waals surface area (Å²) < 4.78 is 20.8. The molecule has 2 rings (SSSR count). The van der Waals surface area contributed by atoms with Gasteiger partial charge in [0.25, 0.3) is 0 Å². The van der Waals surface area contributed by atoms with Crippen LogP contribution in [0.15, 0.2) is 54.8 Å². The summed E-state index contributed by atoms with van der Waals surface area (Å²) in [6.07, 6.45) is 1.37. The van der Waals surface area contributed by atoms with Crippen molar-refractivity contribution in [2.45, 2.75) is 6.61 Å². The maximum Gasteiger partial charge on any atom is 0.341 e. The van der Waals surface area contributed by atoms with Crippen molar-refractivity contribution >= 4 is 11.5 Å². The predicted molar refractivity (Wildman–Crippen MR) is 90.8 cm³/mol. The molecule has 24 heavy (non-hydrogen) atoms. The van der Waals surface area contributed by atoms with Crippen molar-refractivity contribution in [3.05, 3.63) is 65.9 Å². The van der Waals surface area contributed by atoms with E-state index >= 15 is 0 Å². The van der Waals surface area contributed by atoms with Crippen LogP contribution in [-0.4, -0.2) is 27.3 Å². The Bertz CT molecular complexity index is 721. The molecule has 0 aliphatic heterocycles. The highest BCUT2D eigenvalue weighted by atomic mass is 16.5. The minimum absolute atomic E-state index is 0.293. The Labute approximate surface area is 141 Å². The Hall–Kier alpha value is -2.95. The summed E-state index contributed by atoms with van der Waals surface area (Å²) in [4.78, 5) is 12.0. The second-order valence-corrected chi connectivity index (χ2v) is 4.88. The van der Waals surface area contributed by atoms with Crippen LogP contribution in [0.3, 0.4) is 0 Å². The molecule has 5 nitrogen and oxygen atoms in total. The van der Waals surface area contributed by atoms with Gasteiger partial charge in [-0.25, -0.2) is 4.79 Å². The van der Waals surface area contributed by atoms with Gasteiger partial charge in [-0.1, -0.05) is 30.3 Å². The summed E-state index contributed by atoms with van der Waals surface area (Å²) in [6, 6.07) is 14.8. The number of methoxy groups -OCH3 is 3. The molecule has 2 aromatic rings. The number of carbonyl (C=O) groups is 1. The lowest BCUT2D eigenvalue weighted by Crippen LogP contribution is -2.08. The highest BCUT2D eigenvalue weighted by Crippen LogP contribution is 2.24. The van der Waals surface area contributed by atoms with Gasteiger partial charge in [0.1, 0.15) is 23.7 Å². The van der Waals surface area contributed by atoms with Gasteiger partial charge < -0.3 is 18.9 Å². The van der Waals surface area contributed by atoms with Crippen LogP contribution in [0.1, 0.15) is 11.1 Å². The molecule has 0 N–H and O–H groups in total. The Morgan fingerprint density at radius 1 is 1.00 bits per heavy atom. The average Bonchev–Trinajstić information content (AvgIpc) is 2.64. The standard InChI is InChI=1S/C19H20O5/c1-21-13-18(19(20)23-3)17-10-5-4-7-14(17)12-24-16-9-6-8-15(11-16)22-2/h4-11,13H,12H2,1-3H3. The Balaban J connectivity index is 2.25. The fourth-order valence-corrected chi connectivity index (χ4v) is 2.21. The topological polar surface area (TPSA) is 54.0 Å². The third kappa shape index (κ3) is 4.29. The van der Waals surface area contributed by atoms with Gasteiger partial charge in [-0.05, 0) is 23.3 Å². The molecule has 0 aromatic heterocycles. The van der Waals surface area contributed by atoms with Crippen molar-refractivity contribution in [2.24, 2.45) is 0 Å². The molecule has 0 radical (unpaired) electrons. The van der Waals surface area contributed by atoms with Crippen LogP contribution in [0.25, 0.3) is 5.57 Å². The van der Waals surface area contributed by atoms with Crippen LogP contribution >= 0.6 is 0 Å². The largest absolute Gasteiger partial charge is 0.503 e. The molecule has 0 amide bonds. The molecule has 0 bridgehead atoms. The zero-order valence-corrected chi connectivity index (χ0v) is 13.9. The zero-order chi connectivity index (χ0) is 17.4. The van der Waals surface area contributed by atoms with Crippen LogP contribution in [0.2, 0.25) is 0 Å². The number of hydrogen-bond acceptors (Lipinski definition) is 5. The van der Waals surface area contributed by atoms with Crippen LogP contribution < -0.4 is 9.47 Å². The summed E-state index contributed by atoms with van der Waals surface area (Å²) >= 11 is 0. The Kier molecular flexibility index (Phi) is 6.25. The second kappa shape index (κ2) is 8.62. The molecule has 0 aliphatic carbocycles. The molecular weight excluding hydrogens is 308 g/mol. The fraction of sp³-hybridized carbons (Fsp3) is 0.211. The normalized spacial score (nSPS) is 10.9. The molecule has 2 aromatic carbocycles. The van der Waals surface area contributed by atoms with E-state index in [0.717, 1.165) is 11.3 Å². The molecule has 126 valence electrons. The molecule has 0 atom stereocenters. The van der Waals surface area contributed by atoms with Crippen molar-refractivity contribution in [2.75, 3.05) is 21.3 Å². The summed E-state index contributed by atoms with van der Waals surface area (Å²) in [6.45, 7) is 0.293. The highest BCUT2D eigenvalue weighted by Gasteiger charge is 2.16. The van der Waals surface area contributed by atoms with Gasteiger partial charge in [-0.15, -0.1) is 0 Å². The number of hydrogen-bond donors (Lipinski definition) is 0. The van der Waals surface area contributed by atoms with Gasteiger partial charge in [0, 0.05) is 6.07 Å². The van der Waals surface area contributed by atoms with Crippen molar-refractivity contribution in [1.82, 2.24) is 0 Å². The Morgan fingerprint density at radius 2 is 1.75 bits per heavy atom. The molecule has 0 saturated heterocycles. The summed E-state index contributed by atoms with van der Waals surface area (Å²) in [5.74, 6) is 0.931. The molecule has 0 heterocycles. The molecular formula is C19H20O5. The van der Waals surface area contributed by atoms with E-state index in [1.54, 1.807) is 13.2 Å². The van der Waals surface area contributed by atoms with Crippen LogP contribution in [0, 0.1) is 0 Å². The Morgan fingerprint density at radius 3 is 2.46 bits per heavy atom. The van der Waals surface area contributed by atoms with Crippen molar-refractivity contribution < 1.29 is 23.7 Å². The minimum Gasteiger partial charge on any atom is -0.503 e.